The van der Waals surface area contributed by atoms with Gasteiger partial charge < -0.3 is 10.2 Å². The van der Waals surface area contributed by atoms with Crippen LogP contribution < -0.4 is 5.32 Å². The standard InChI is InChI=1S/C22H25ClN6O2/c1-14(2)28-11-10-27(15(3)30)13-19(28)21-26-25-20-9-4-16(12-29(20)21)22(31)24-18-7-5-17(23)6-8-18/h4-9,12,14,19H,10-11,13H2,1-3H3,(H,24,31)/t19-/m1/s1. The van der Waals surface area contributed by atoms with Crippen LogP contribution in [0.4, 0.5) is 5.69 Å². The number of rotatable bonds is 4. The van der Waals surface area contributed by atoms with E-state index in [9.17, 15) is 9.59 Å². The Hall–Kier alpha value is -2.97. The molecule has 2 amide bonds. The number of benzene rings is 1. The zero-order chi connectivity index (χ0) is 22.1. The number of carbonyl (C=O) groups is 2. The maximum atomic E-state index is 12.8. The first-order chi connectivity index (χ1) is 14.8. The molecule has 3 heterocycles. The number of anilines is 1. The van der Waals surface area contributed by atoms with E-state index in [1.165, 1.54) is 0 Å². The SMILES string of the molecule is CC(=O)N1CCN(C(C)C)[C@@H](c2nnc3ccc(C(=O)Nc4ccc(Cl)cc4)cn23)C1. The second-order valence-corrected chi connectivity index (χ2v) is 8.41. The molecule has 0 bridgehead atoms. The molecule has 0 unspecified atom stereocenters. The molecule has 1 atom stereocenters. The quantitative estimate of drug-likeness (QED) is 0.673. The minimum absolute atomic E-state index is 0.0465. The molecular weight excluding hydrogens is 416 g/mol. The Morgan fingerprint density at radius 3 is 2.52 bits per heavy atom. The zero-order valence-electron chi connectivity index (χ0n) is 17.7. The average molecular weight is 441 g/mol. The number of hydrogen-bond acceptors (Lipinski definition) is 5. The van der Waals surface area contributed by atoms with E-state index in [-0.39, 0.29) is 23.9 Å². The van der Waals surface area contributed by atoms with E-state index in [2.05, 4.69) is 34.3 Å². The van der Waals surface area contributed by atoms with Crippen molar-refractivity contribution >= 4 is 34.7 Å². The van der Waals surface area contributed by atoms with Crippen molar-refractivity contribution in [1.82, 2.24) is 24.4 Å². The smallest absolute Gasteiger partial charge is 0.257 e. The van der Waals surface area contributed by atoms with Crippen LogP contribution in [0, 0.1) is 0 Å². The highest BCUT2D eigenvalue weighted by Crippen LogP contribution is 2.27. The lowest BCUT2D eigenvalue weighted by Gasteiger charge is -2.42. The number of pyridine rings is 1. The van der Waals surface area contributed by atoms with Crippen LogP contribution in [0.3, 0.4) is 0 Å². The molecule has 9 heteroatoms. The van der Waals surface area contributed by atoms with E-state index in [1.54, 1.807) is 49.5 Å². The van der Waals surface area contributed by atoms with Gasteiger partial charge in [-0.1, -0.05) is 11.6 Å². The fourth-order valence-corrected chi connectivity index (χ4v) is 4.06. The van der Waals surface area contributed by atoms with Gasteiger partial charge in [-0.15, -0.1) is 10.2 Å². The van der Waals surface area contributed by atoms with Gasteiger partial charge in [-0.25, -0.2) is 0 Å². The van der Waals surface area contributed by atoms with Gasteiger partial charge in [0.2, 0.25) is 5.91 Å². The maximum Gasteiger partial charge on any atom is 0.257 e. The van der Waals surface area contributed by atoms with Crippen molar-refractivity contribution in [3.63, 3.8) is 0 Å². The summed E-state index contributed by atoms with van der Waals surface area (Å²) in [7, 11) is 0. The number of hydrogen-bond donors (Lipinski definition) is 1. The third-order valence-electron chi connectivity index (χ3n) is 5.62. The Morgan fingerprint density at radius 1 is 1.10 bits per heavy atom. The topological polar surface area (TPSA) is 82.8 Å². The lowest BCUT2D eigenvalue weighted by molar-refractivity contribution is -0.132. The number of fused-ring (bicyclic) bond motifs is 1. The molecule has 8 nitrogen and oxygen atoms in total. The number of amides is 2. The first kappa shape index (κ1) is 21.3. The third kappa shape index (κ3) is 4.40. The second-order valence-electron chi connectivity index (χ2n) is 7.98. The van der Waals surface area contributed by atoms with E-state index >= 15 is 0 Å². The molecule has 2 aromatic heterocycles. The van der Waals surface area contributed by atoms with Crippen LogP contribution in [0.25, 0.3) is 5.65 Å². The lowest BCUT2D eigenvalue weighted by Crippen LogP contribution is -2.52. The minimum atomic E-state index is -0.237. The minimum Gasteiger partial charge on any atom is -0.340 e. The van der Waals surface area contributed by atoms with Crippen molar-refractivity contribution in [1.29, 1.82) is 0 Å². The van der Waals surface area contributed by atoms with Crippen molar-refractivity contribution in [2.75, 3.05) is 25.0 Å². The summed E-state index contributed by atoms with van der Waals surface area (Å²) in [6.07, 6.45) is 1.75. The average Bonchev–Trinajstić information content (AvgIpc) is 3.18. The van der Waals surface area contributed by atoms with Crippen LogP contribution >= 0.6 is 11.6 Å². The van der Waals surface area contributed by atoms with Crippen molar-refractivity contribution in [2.24, 2.45) is 0 Å². The van der Waals surface area contributed by atoms with Gasteiger partial charge in [0, 0.05) is 49.5 Å². The number of carbonyl (C=O) groups excluding carboxylic acids is 2. The van der Waals surface area contributed by atoms with E-state index < -0.39 is 0 Å². The second kappa shape index (κ2) is 8.64. The molecule has 0 saturated carbocycles. The Balaban J connectivity index is 1.66. The first-order valence-corrected chi connectivity index (χ1v) is 10.6. The molecule has 0 radical (unpaired) electrons. The molecule has 1 aliphatic rings. The summed E-state index contributed by atoms with van der Waals surface area (Å²) in [5.74, 6) is 0.527. The predicted octanol–water partition coefficient (Wildman–Crippen LogP) is 3.25. The molecule has 1 saturated heterocycles. The molecule has 31 heavy (non-hydrogen) atoms. The molecule has 4 rings (SSSR count). The summed E-state index contributed by atoms with van der Waals surface area (Å²) in [6.45, 7) is 7.83. The molecule has 162 valence electrons. The lowest BCUT2D eigenvalue weighted by atomic mass is 10.1. The van der Waals surface area contributed by atoms with E-state index in [0.29, 0.717) is 35.0 Å². The van der Waals surface area contributed by atoms with Gasteiger partial charge in [-0.2, -0.15) is 0 Å². The Labute approximate surface area is 185 Å². The summed E-state index contributed by atoms with van der Waals surface area (Å²) in [6, 6.07) is 10.6. The summed E-state index contributed by atoms with van der Waals surface area (Å²) < 4.78 is 1.85. The molecule has 0 aliphatic carbocycles. The summed E-state index contributed by atoms with van der Waals surface area (Å²) >= 11 is 5.91. The Bertz CT molecular complexity index is 1110. The largest absolute Gasteiger partial charge is 0.340 e. The van der Waals surface area contributed by atoms with Gasteiger partial charge in [0.05, 0.1) is 11.6 Å². The molecule has 0 spiro atoms. The van der Waals surface area contributed by atoms with Gasteiger partial charge in [0.25, 0.3) is 5.91 Å². The van der Waals surface area contributed by atoms with Crippen LogP contribution in [0.2, 0.25) is 5.02 Å². The molecule has 3 aromatic rings. The zero-order valence-corrected chi connectivity index (χ0v) is 18.5. The van der Waals surface area contributed by atoms with Gasteiger partial charge >= 0.3 is 0 Å². The van der Waals surface area contributed by atoms with Gasteiger partial charge in [0.1, 0.15) is 0 Å². The first-order valence-electron chi connectivity index (χ1n) is 10.3. The van der Waals surface area contributed by atoms with Crippen LogP contribution in [0.15, 0.2) is 42.6 Å². The number of nitrogens with one attached hydrogen (secondary N) is 1. The normalized spacial score (nSPS) is 17.3. The highest BCUT2D eigenvalue weighted by molar-refractivity contribution is 6.30. The van der Waals surface area contributed by atoms with E-state index in [1.807, 2.05) is 9.30 Å². The van der Waals surface area contributed by atoms with Crippen molar-refractivity contribution < 1.29 is 9.59 Å². The molecule has 1 fully saturated rings. The Kier molecular flexibility index (Phi) is 5.93. The van der Waals surface area contributed by atoms with Gasteiger partial charge in [0.15, 0.2) is 11.5 Å². The van der Waals surface area contributed by atoms with Crippen LogP contribution in [0.5, 0.6) is 0 Å². The molecular formula is C22H25ClN6O2. The number of piperazine rings is 1. The van der Waals surface area contributed by atoms with Crippen molar-refractivity contribution in [3.8, 4) is 0 Å². The predicted molar refractivity (Wildman–Crippen MR) is 119 cm³/mol. The monoisotopic (exact) mass is 440 g/mol. The van der Waals surface area contributed by atoms with Gasteiger partial charge in [-0.3, -0.25) is 18.9 Å². The van der Waals surface area contributed by atoms with E-state index in [0.717, 1.165) is 12.4 Å². The molecule has 1 N–H and O–H groups in total. The summed E-state index contributed by atoms with van der Waals surface area (Å²) in [5, 5.41) is 12.2. The third-order valence-corrected chi connectivity index (χ3v) is 5.87. The van der Waals surface area contributed by atoms with Crippen molar-refractivity contribution in [2.45, 2.75) is 32.9 Å². The maximum absolute atomic E-state index is 12.8. The van der Waals surface area contributed by atoms with E-state index in [4.69, 9.17) is 11.6 Å². The molecule has 1 aliphatic heterocycles. The summed E-state index contributed by atoms with van der Waals surface area (Å²) in [5.41, 5.74) is 1.80. The highest BCUT2D eigenvalue weighted by Gasteiger charge is 2.34. The number of aromatic nitrogens is 3. The fraction of sp³-hybridized carbons (Fsp3) is 0.364. The van der Waals surface area contributed by atoms with Crippen LogP contribution in [0.1, 0.15) is 43.0 Å². The Morgan fingerprint density at radius 2 is 1.84 bits per heavy atom. The number of halogens is 1. The number of nitrogens with zero attached hydrogens (tertiary/aromatic N) is 5. The van der Waals surface area contributed by atoms with Crippen LogP contribution in [-0.2, 0) is 4.79 Å². The van der Waals surface area contributed by atoms with Crippen LogP contribution in [-0.4, -0.2) is 61.9 Å². The molecule has 1 aromatic carbocycles. The van der Waals surface area contributed by atoms with Crippen molar-refractivity contribution in [3.05, 3.63) is 59.0 Å². The summed E-state index contributed by atoms with van der Waals surface area (Å²) in [4.78, 5) is 29.0. The van der Waals surface area contributed by atoms with Gasteiger partial charge in [-0.05, 0) is 50.2 Å². The highest BCUT2D eigenvalue weighted by atomic mass is 35.5. The fourth-order valence-electron chi connectivity index (χ4n) is 3.94.